The van der Waals surface area contributed by atoms with Gasteiger partial charge in [0, 0.05) is 18.1 Å². The normalized spacial score (nSPS) is 11.1. The average molecular weight is 354 g/mol. The Hall–Kier alpha value is -3.20. The third-order valence-electron chi connectivity index (χ3n) is 3.82. The highest BCUT2D eigenvalue weighted by atomic mass is 32.1. The summed E-state index contributed by atoms with van der Waals surface area (Å²) in [5.41, 5.74) is 2.82. The van der Waals surface area contributed by atoms with Crippen LogP contribution in [0.1, 0.15) is 11.3 Å². The van der Waals surface area contributed by atoms with Gasteiger partial charge in [-0.15, -0.1) is 0 Å². The Kier molecular flexibility index (Phi) is 3.69. The molecule has 0 fully saturated rings. The standard InChI is InChI=1S/C16H14N6O2S/c1-11-6-7-21(19-11)13-5-3-2-4-12(13)10-17-14-15(22(23)24)20-8-9-25-16(20)18-14/h2-9,17H,10H2,1H3. The molecule has 25 heavy (non-hydrogen) atoms. The van der Waals surface area contributed by atoms with Crippen LogP contribution in [0.5, 0.6) is 0 Å². The second-order valence-corrected chi connectivity index (χ2v) is 6.35. The van der Waals surface area contributed by atoms with Crippen molar-refractivity contribution in [3.8, 4) is 5.69 Å². The highest BCUT2D eigenvalue weighted by molar-refractivity contribution is 7.15. The van der Waals surface area contributed by atoms with Gasteiger partial charge < -0.3 is 15.4 Å². The Balaban J connectivity index is 1.66. The van der Waals surface area contributed by atoms with E-state index in [1.54, 1.807) is 16.3 Å². The Morgan fingerprint density at radius 3 is 2.88 bits per heavy atom. The molecule has 0 saturated carbocycles. The summed E-state index contributed by atoms with van der Waals surface area (Å²) in [5, 5.41) is 20.7. The zero-order valence-corrected chi connectivity index (χ0v) is 14.1. The van der Waals surface area contributed by atoms with Crippen LogP contribution in [0.3, 0.4) is 0 Å². The van der Waals surface area contributed by atoms with Gasteiger partial charge >= 0.3 is 5.82 Å². The first-order chi connectivity index (χ1) is 12.1. The second-order valence-electron chi connectivity index (χ2n) is 5.48. The van der Waals surface area contributed by atoms with E-state index in [2.05, 4.69) is 15.4 Å². The molecule has 0 unspecified atom stereocenters. The summed E-state index contributed by atoms with van der Waals surface area (Å²) in [6.45, 7) is 2.33. The monoisotopic (exact) mass is 354 g/mol. The van der Waals surface area contributed by atoms with Crippen LogP contribution in [0.4, 0.5) is 11.6 Å². The first kappa shape index (κ1) is 15.3. The van der Waals surface area contributed by atoms with Gasteiger partial charge in [0.25, 0.3) is 4.96 Å². The Morgan fingerprint density at radius 2 is 2.12 bits per heavy atom. The lowest BCUT2D eigenvalue weighted by Gasteiger charge is -2.10. The number of nitrogens with one attached hydrogen (secondary N) is 1. The topological polar surface area (TPSA) is 90.3 Å². The number of nitro groups is 1. The summed E-state index contributed by atoms with van der Waals surface area (Å²) >= 11 is 1.36. The quantitative estimate of drug-likeness (QED) is 0.438. The smallest absolute Gasteiger partial charge is 0.359 e. The van der Waals surface area contributed by atoms with Crippen LogP contribution < -0.4 is 5.32 Å². The van der Waals surface area contributed by atoms with Gasteiger partial charge in [0.1, 0.15) is 6.20 Å². The lowest BCUT2D eigenvalue weighted by atomic mass is 10.2. The van der Waals surface area contributed by atoms with Crippen LogP contribution in [-0.4, -0.2) is 24.1 Å². The van der Waals surface area contributed by atoms with Gasteiger partial charge in [0.05, 0.1) is 11.4 Å². The first-order valence-electron chi connectivity index (χ1n) is 7.58. The zero-order chi connectivity index (χ0) is 17.4. The van der Waals surface area contributed by atoms with Crippen molar-refractivity contribution in [2.45, 2.75) is 13.5 Å². The van der Waals surface area contributed by atoms with Crippen molar-refractivity contribution < 1.29 is 4.92 Å². The third kappa shape index (κ3) is 2.74. The van der Waals surface area contributed by atoms with E-state index in [1.165, 1.54) is 15.7 Å². The van der Waals surface area contributed by atoms with Crippen molar-refractivity contribution in [1.82, 2.24) is 19.2 Å². The van der Waals surface area contributed by atoms with Crippen molar-refractivity contribution in [1.29, 1.82) is 0 Å². The fraction of sp³-hybridized carbons (Fsp3) is 0.125. The van der Waals surface area contributed by atoms with Crippen LogP contribution in [0.25, 0.3) is 10.6 Å². The SMILES string of the molecule is Cc1ccn(-c2ccccc2CNc2nc3sccn3c2[N+](=O)[O-])n1. The number of hydrogen-bond acceptors (Lipinski definition) is 6. The van der Waals surface area contributed by atoms with Gasteiger partial charge in [-0.3, -0.25) is 0 Å². The molecule has 3 heterocycles. The molecule has 0 saturated heterocycles. The van der Waals surface area contributed by atoms with Gasteiger partial charge in [-0.25, -0.2) is 4.68 Å². The first-order valence-corrected chi connectivity index (χ1v) is 8.46. The predicted octanol–water partition coefficient (Wildman–Crippen LogP) is 3.41. The molecule has 3 aromatic heterocycles. The van der Waals surface area contributed by atoms with Crippen LogP contribution in [0.2, 0.25) is 0 Å². The minimum absolute atomic E-state index is 0.0522. The number of imidazole rings is 1. The van der Waals surface area contributed by atoms with Crippen LogP contribution in [0, 0.1) is 17.0 Å². The van der Waals surface area contributed by atoms with Gasteiger partial charge in [0.2, 0.25) is 5.82 Å². The minimum atomic E-state index is -0.419. The number of para-hydroxylation sites is 1. The van der Waals surface area contributed by atoms with Gasteiger partial charge in [-0.1, -0.05) is 29.5 Å². The summed E-state index contributed by atoms with van der Waals surface area (Å²) in [6, 6.07) is 9.72. The fourth-order valence-electron chi connectivity index (χ4n) is 2.68. The van der Waals surface area contributed by atoms with Crippen molar-refractivity contribution in [3.63, 3.8) is 0 Å². The molecular weight excluding hydrogens is 340 g/mol. The van der Waals surface area contributed by atoms with Crippen molar-refractivity contribution >= 4 is 27.9 Å². The minimum Gasteiger partial charge on any atom is -0.359 e. The van der Waals surface area contributed by atoms with E-state index in [9.17, 15) is 10.1 Å². The van der Waals surface area contributed by atoms with E-state index in [-0.39, 0.29) is 11.6 Å². The van der Waals surface area contributed by atoms with Crippen molar-refractivity contribution in [2.24, 2.45) is 0 Å². The molecule has 1 aromatic carbocycles. The highest BCUT2D eigenvalue weighted by Crippen LogP contribution is 2.28. The molecule has 0 atom stereocenters. The summed E-state index contributed by atoms with van der Waals surface area (Å²) in [5.74, 6) is 0.215. The maximum Gasteiger partial charge on any atom is 0.372 e. The number of fused-ring (bicyclic) bond motifs is 1. The maximum absolute atomic E-state index is 11.4. The van der Waals surface area contributed by atoms with E-state index < -0.39 is 4.92 Å². The van der Waals surface area contributed by atoms with E-state index >= 15 is 0 Å². The molecule has 9 heteroatoms. The van der Waals surface area contributed by atoms with E-state index in [1.807, 2.05) is 43.5 Å². The Morgan fingerprint density at radius 1 is 1.28 bits per heavy atom. The van der Waals surface area contributed by atoms with Crippen molar-refractivity contribution in [3.05, 3.63) is 69.5 Å². The number of rotatable bonds is 5. The number of aromatic nitrogens is 4. The van der Waals surface area contributed by atoms with E-state index in [0.717, 1.165) is 16.9 Å². The number of aryl methyl sites for hydroxylation is 1. The number of thiazole rings is 1. The van der Waals surface area contributed by atoms with Crippen LogP contribution >= 0.6 is 11.3 Å². The third-order valence-corrected chi connectivity index (χ3v) is 4.57. The summed E-state index contributed by atoms with van der Waals surface area (Å²) in [6.07, 6.45) is 3.54. The lowest BCUT2D eigenvalue weighted by Crippen LogP contribution is -2.07. The van der Waals surface area contributed by atoms with Crippen molar-refractivity contribution in [2.75, 3.05) is 5.32 Å². The predicted molar refractivity (Wildman–Crippen MR) is 95.4 cm³/mol. The average Bonchev–Trinajstić information content (AvgIpc) is 3.28. The summed E-state index contributed by atoms with van der Waals surface area (Å²) in [7, 11) is 0. The van der Waals surface area contributed by atoms with Crippen LogP contribution in [-0.2, 0) is 6.54 Å². The molecule has 4 aromatic rings. The molecule has 0 bridgehead atoms. The number of hydrogen-bond donors (Lipinski definition) is 1. The molecule has 0 radical (unpaired) electrons. The summed E-state index contributed by atoms with van der Waals surface area (Å²) in [4.78, 5) is 15.9. The number of benzene rings is 1. The van der Waals surface area contributed by atoms with E-state index in [0.29, 0.717) is 11.5 Å². The van der Waals surface area contributed by atoms with Gasteiger partial charge in [-0.05, 0) is 29.5 Å². The van der Waals surface area contributed by atoms with Gasteiger partial charge in [0.15, 0.2) is 0 Å². The highest BCUT2D eigenvalue weighted by Gasteiger charge is 2.23. The summed E-state index contributed by atoms with van der Waals surface area (Å²) < 4.78 is 3.28. The Labute approximate surface area is 146 Å². The number of nitrogens with zero attached hydrogens (tertiary/aromatic N) is 5. The zero-order valence-electron chi connectivity index (χ0n) is 13.3. The molecule has 0 aliphatic carbocycles. The molecule has 0 aliphatic rings. The van der Waals surface area contributed by atoms with E-state index in [4.69, 9.17) is 0 Å². The molecule has 126 valence electrons. The molecule has 8 nitrogen and oxygen atoms in total. The molecule has 0 spiro atoms. The number of anilines is 1. The fourth-order valence-corrected chi connectivity index (χ4v) is 3.39. The molecule has 1 N–H and O–H groups in total. The molecular formula is C16H14N6O2S. The maximum atomic E-state index is 11.4. The largest absolute Gasteiger partial charge is 0.372 e. The second kappa shape index (κ2) is 6.02. The lowest BCUT2D eigenvalue weighted by molar-refractivity contribution is -0.389. The molecule has 0 aliphatic heterocycles. The Bertz CT molecular complexity index is 1060. The molecule has 0 amide bonds. The molecule has 4 rings (SSSR count). The van der Waals surface area contributed by atoms with Crippen LogP contribution in [0.15, 0.2) is 48.1 Å². The van der Waals surface area contributed by atoms with Gasteiger partial charge in [-0.2, -0.15) is 14.5 Å².